The first-order valence-corrected chi connectivity index (χ1v) is 9.27. The van der Waals surface area contributed by atoms with E-state index >= 15 is 0 Å². The maximum Gasteiger partial charge on any atom is 0.259 e. The smallest absolute Gasteiger partial charge is 0.259 e. The van der Waals surface area contributed by atoms with E-state index in [1.54, 1.807) is 18.3 Å². The van der Waals surface area contributed by atoms with Crippen LogP contribution in [0, 0.1) is 0 Å². The first kappa shape index (κ1) is 17.5. The minimum absolute atomic E-state index is 0.0706. The molecular formula is C21H23N3O3. The number of aromatic nitrogens is 1. The van der Waals surface area contributed by atoms with E-state index in [4.69, 9.17) is 4.74 Å². The predicted octanol–water partition coefficient (Wildman–Crippen LogP) is 2.37. The molecule has 2 aromatic rings. The minimum Gasteiger partial charge on any atom is -0.480 e. The van der Waals surface area contributed by atoms with Crippen LogP contribution in [0.1, 0.15) is 41.1 Å². The van der Waals surface area contributed by atoms with Gasteiger partial charge in [-0.3, -0.25) is 9.59 Å². The van der Waals surface area contributed by atoms with Crippen molar-refractivity contribution in [1.82, 2.24) is 15.2 Å². The molecule has 6 nitrogen and oxygen atoms in total. The molecule has 3 heterocycles. The molecule has 1 aromatic heterocycles. The summed E-state index contributed by atoms with van der Waals surface area (Å²) in [6.45, 7) is 1.22. The first-order valence-electron chi connectivity index (χ1n) is 9.27. The number of nitrogens with one attached hydrogen (secondary N) is 1. The van der Waals surface area contributed by atoms with Crippen LogP contribution in [0.5, 0.6) is 5.88 Å². The number of carbonyl (C=O) groups is 2. The number of hydrogen-bond donors (Lipinski definition) is 1. The summed E-state index contributed by atoms with van der Waals surface area (Å²) in [6, 6.07) is 13.4. The molecule has 1 aromatic carbocycles. The van der Waals surface area contributed by atoms with Crippen LogP contribution in [-0.2, 0) is 4.79 Å². The molecule has 1 unspecified atom stereocenters. The van der Waals surface area contributed by atoms with Crippen LogP contribution < -0.4 is 10.1 Å². The van der Waals surface area contributed by atoms with E-state index in [-0.39, 0.29) is 23.3 Å². The van der Waals surface area contributed by atoms with Gasteiger partial charge < -0.3 is 15.0 Å². The Morgan fingerprint density at radius 1 is 1.19 bits per heavy atom. The molecule has 1 atom stereocenters. The van der Waals surface area contributed by atoms with Gasteiger partial charge in [-0.05, 0) is 37.0 Å². The summed E-state index contributed by atoms with van der Waals surface area (Å²) in [5.41, 5.74) is 1.33. The second-order valence-corrected chi connectivity index (χ2v) is 7.29. The van der Waals surface area contributed by atoms with E-state index in [0.717, 1.165) is 24.8 Å². The summed E-state index contributed by atoms with van der Waals surface area (Å²) in [6.07, 6.45) is 3.92. The van der Waals surface area contributed by atoms with Gasteiger partial charge in [0.2, 0.25) is 11.8 Å². The molecule has 2 aliphatic heterocycles. The summed E-state index contributed by atoms with van der Waals surface area (Å²) in [4.78, 5) is 31.3. The van der Waals surface area contributed by atoms with E-state index in [2.05, 4.69) is 10.3 Å². The quantitative estimate of drug-likeness (QED) is 0.906. The molecule has 1 spiro atoms. The van der Waals surface area contributed by atoms with Crippen LogP contribution in [0.3, 0.4) is 0 Å². The van der Waals surface area contributed by atoms with Crippen molar-refractivity contribution < 1.29 is 14.3 Å². The van der Waals surface area contributed by atoms with Crippen LogP contribution in [0.15, 0.2) is 48.7 Å². The van der Waals surface area contributed by atoms with Gasteiger partial charge in [0, 0.05) is 24.8 Å². The Labute approximate surface area is 158 Å². The maximum absolute atomic E-state index is 12.9. The molecule has 0 saturated carbocycles. The predicted molar refractivity (Wildman–Crippen MR) is 101 cm³/mol. The third kappa shape index (κ3) is 3.27. The molecule has 0 bridgehead atoms. The molecule has 6 heteroatoms. The van der Waals surface area contributed by atoms with Gasteiger partial charge in [-0.2, -0.15) is 0 Å². The van der Waals surface area contributed by atoms with Crippen molar-refractivity contribution in [1.29, 1.82) is 0 Å². The van der Waals surface area contributed by atoms with E-state index in [1.165, 1.54) is 7.11 Å². The topological polar surface area (TPSA) is 71.5 Å². The van der Waals surface area contributed by atoms with E-state index in [9.17, 15) is 9.59 Å². The van der Waals surface area contributed by atoms with Crippen molar-refractivity contribution in [2.24, 2.45) is 0 Å². The monoisotopic (exact) mass is 365 g/mol. The lowest BCUT2D eigenvalue weighted by Crippen LogP contribution is -2.52. The van der Waals surface area contributed by atoms with Crippen molar-refractivity contribution in [2.75, 3.05) is 20.2 Å². The summed E-state index contributed by atoms with van der Waals surface area (Å²) < 4.78 is 5.21. The molecule has 27 heavy (non-hydrogen) atoms. The number of ether oxygens (including phenoxy) is 1. The lowest BCUT2D eigenvalue weighted by molar-refractivity contribution is -0.121. The fourth-order valence-electron chi connectivity index (χ4n) is 4.19. The van der Waals surface area contributed by atoms with Crippen LogP contribution in [0.4, 0.5) is 0 Å². The molecular weight excluding hydrogens is 342 g/mol. The van der Waals surface area contributed by atoms with Gasteiger partial charge in [0.15, 0.2) is 0 Å². The van der Waals surface area contributed by atoms with Gasteiger partial charge in [-0.1, -0.05) is 30.3 Å². The normalized spacial score (nSPS) is 21.1. The average molecular weight is 365 g/mol. The van der Waals surface area contributed by atoms with Gasteiger partial charge in [-0.15, -0.1) is 0 Å². The number of likely N-dealkylation sites (tertiary alicyclic amines) is 1. The highest BCUT2D eigenvalue weighted by Crippen LogP contribution is 2.39. The number of pyridine rings is 1. The highest BCUT2D eigenvalue weighted by Gasteiger charge is 2.46. The van der Waals surface area contributed by atoms with Crippen molar-refractivity contribution in [3.8, 4) is 5.88 Å². The summed E-state index contributed by atoms with van der Waals surface area (Å²) in [5.74, 6) is 0.265. The Balaban J connectivity index is 1.45. The number of rotatable bonds is 3. The van der Waals surface area contributed by atoms with Crippen LogP contribution in [0.2, 0.25) is 0 Å². The summed E-state index contributed by atoms with van der Waals surface area (Å²) >= 11 is 0. The first-order chi connectivity index (χ1) is 13.1. The number of benzene rings is 1. The summed E-state index contributed by atoms with van der Waals surface area (Å²) in [5, 5.41) is 3.23. The molecule has 2 amide bonds. The zero-order valence-electron chi connectivity index (χ0n) is 15.4. The second-order valence-electron chi connectivity index (χ2n) is 7.29. The van der Waals surface area contributed by atoms with Gasteiger partial charge in [-0.25, -0.2) is 4.98 Å². The highest BCUT2D eigenvalue weighted by molar-refractivity contribution is 5.96. The van der Waals surface area contributed by atoms with Crippen LogP contribution in [0.25, 0.3) is 0 Å². The van der Waals surface area contributed by atoms with Crippen LogP contribution >= 0.6 is 0 Å². The maximum atomic E-state index is 12.9. The molecule has 2 fully saturated rings. The highest BCUT2D eigenvalue weighted by atomic mass is 16.5. The number of methoxy groups -OCH3 is 1. The molecule has 2 aliphatic rings. The number of nitrogens with zero attached hydrogens (tertiary/aromatic N) is 2. The van der Waals surface area contributed by atoms with Crippen molar-refractivity contribution in [3.05, 3.63) is 59.8 Å². The molecule has 2 saturated heterocycles. The molecule has 0 radical (unpaired) electrons. The van der Waals surface area contributed by atoms with E-state index in [0.29, 0.717) is 24.5 Å². The average Bonchev–Trinajstić information content (AvgIpc) is 3.04. The zero-order valence-corrected chi connectivity index (χ0v) is 15.4. The Morgan fingerprint density at radius 2 is 1.93 bits per heavy atom. The van der Waals surface area contributed by atoms with Gasteiger partial charge in [0.05, 0.1) is 13.0 Å². The lowest BCUT2D eigenvalue weighted by atomic mass is 9.82. The number of piperidine rings is 1. The standard InChI is InChI=1S/C21H23N3O3/c1-27-19-16(8-5-11-22-19)20(26)24-12-9-21(10-13-24)14-17(18(25)23-21)15-6-3-2-4-7-15/h2-8,11,17H,9-10,12-14H2,1H3,(H,23,25). The number of amides is 2. The van der Waals surface area contributed by atoms with Gasteiger partial charge >= 0.3 is 0 Å². The minimum atomic E-state index is -0.215. The van der Waals surface area contributed by atoms with Crippen LogP contribution in [-0.4, -0.2) is 47.4 Å². The largest absolute Gasteiger partial charge is 0.480 e. The Kier molecular flexibility index (Phi) is 4.56. The third-order valence-corrected chi connectivity index (χ3v) is 5.70. The van der Waals surface area contributed by atoms with Gasteiger partial charge in [0.25, 0.3) is 5.91 Å². The molecule has 140 valence electrons. The zero-order chi connectivity index (χ0) is 18.9. The SMILES string of the molecule is COc1ncccc1C(=O)N1CCC2(CC1)CC(c1ccccc1)C(=O)N2. The van der Waals surface area contributed by atoms with Gasteiger partial charge in [0.1, 0.15) is 5.56 Å². The van der Waals surface area contributed by atoms with Crippen molar-refractivity contribution in [2.45, 2.75) is 30.7 Å². The van der Waals surface area contributed by atoms with E-state index < -0.39 is 0 Å². The fraction of sp³-hybridized carbons (Fsp3) is 0.381. The Bertz CT molecular complexity index is 845. The number of hydrogen-bond acceptors (Lipinski definition) is 4. The summed E-state index contributed by atoms with van der Waals surface area (Å²) in [7, 11) is 1.52. The Hall–Kier alpha value is -2.89. The lowest BCUT2D eigenvalue weighted by Gasteiger charge is -2.39. The molecule has 4 rings (SSSR count). The third-order valence-electron chi connectivity index (χ3n) is 5.70. The molecule has 1 N–H and O–H groups in total. The fourth-order valence-corrected chi connectivity index (χ4v) is 4.19. The van der Waals surface area contributed by atoms with Crippen molar-refractivity contribution in [3.63, 3.8) is 0 Å². The number of carbonyl (C=O) groups excluding carboxylic acids is 2. The molecule has 0 aliphatic carbocycles. The second kappa shape index (κ2) is 7.02. The van der Waals surface area contributed by atoms with Crippen molar-refractivity contribution >= 4 is 11.8 Å². The Morgan fingerprint density at radius 3 is 2.63 bits per heavy atom. The van der Waals surface area contributed by atoms with E-state index in [1.807, 2.05) is 35.2 Å².